The van der Waals surface area contributed by atoms with E-state index in [4.69, 9.17) is 0 Å². The maximum Gasteiger partial charge on any atom is 0.262 e. The number of amides is 3. The molecule has 0 radical (unpaired) electrons. The van der Waals surface area contributed by atoms with Crippen LogP contribution in [0, 0.1) is 5.92 Å². The third-order valence-corrected chi connectivity index (χ3v) is 4.01. The van der Waals surface area contributed by atoms with Gasteiger partial charge in [0.15, 0.2) is 0 Å². The molecule has 2 rings (SSSR count). The van der Waals surface area contributed by atoms with Gasteiger partial charge in [0.25, 0.3) is 11.8 Å². The molecule has 0 saturated carbocycles. The first-order valence-electron chi connectivity index (χ1n) is 8.14. The fraction of sp³-hybridized carbons (Fsp3) is 0.500. The van der Waals surface area contributed by atoms with Crippen LogP contribution >= 0.6 is 0 Å². The Morgan fingerprint density at radius 2 is 1.61 bits per heavy atom. The van der Waals surface area contributed by atoms with Gasteiger partial charge in [-0.2, -0.15) is 0 Å². The predicted molar refractivity (Wildman–Crippen MR) is 88.1 cm³/mol. The summed E-state index contributed by atoms with van der Waals surface area (Å²) < 4.78 is 0. The fourth-order valence-corrected chi connectivity index (χ4v) is 2.75. The van der Waals surface area contributed by atoms with Crippen molar-refractivity contribution in [2.75, 3.05) is 6.54 Å². The summed E-state index contributed by atoms with van der Waals surface area (Å²) in [4.78, 5) is 37.5. The Balaban J connectivity index is 1.87. The average Bonchev–Trinajstić information content (AvgIpc) is 2.72. The largest absolute Gasteiger partial charge is 0.352 e. The summed E-state index contributed by atoms with van der Waals surface area (Å²) in [5, 5.41) is 2.86. The summed E-state index contributed by atoms with van der Waals surface area (Å²) in [6, 6.07) is 6.69. The standard InChI is InChI=1S/C18H24N2O3/c1-12(2)7-6-8-13(3)19-16(21)11-20-17(22)14-9-4-5-10-15(14)18(20)23/h4-5,9-10,12-13H,6-8,11H2,1-3H3,(H,19,21)/t13-/m0/s1. The molecule has 5 nitrogen and oxygen atoms in total. The molecule has 0 aliphatic carbocycles. The van der Waals surface area contributed by atoms with Gasteiger partial charge in [-0.1, -0.05) is 38.8 Å². The molecule has 1 heterocycles. The van der Waals surface area contributed by atoms with Gasteiger partial charge < -0.3 is 5.32 Å². The Morgan fingerprint density at radius 3 is 2.13 bits per heavy atom. The Kier molecular flexibility index (Phi) is 5.53. The molecule has 1 atom stereocenters. The Hall–Kier alpha value is -2.17. The normalized spacial score (nSPS) is 15.0. The lowest BCUT2D eigenvalue weighted by molar-refractivity contribution is -0.122. The molecule has 0 bridgehead atoms. The van der Waals surface area contributed by atoms with Crippen molar-refractivity contribution in [3.8, 4) is 0 Å². The first kappa shape index (κ1) is 17.2. The van der Waals surface area contributed by atoms with Crippen molar-refractivity contribution in [2.45, 2.75) is 46.1 Å². The number of carbonyl (C=O) groups is 3. The van der Waals surface area contributed by atoms with Gasteiger partial charge in [0, 0.05) is 6.04 Å². The highest BCUT2D eigenvalue weighted by atomic mass is 16.2. The van der Waals surface area contributed by atoms with Crippen molar-refractivity contribution >= 4 is 17.7 Å². The molecule has 0 fully saturated rings. The minimum Gasteiger partial charge on any atom is -0.352 e. The molecule has 1 aliphatic rings. The molecule has 5 heteroatoms. The molecule has 1 aromatic rings. The van der Waals surface area contributed by atoms with Crippen LogP contribution in [0.4, 0.5) is 0 Å². The van der Waals surface area contributed by atoms with Crippen LogP contribution in [-0.2, 0) is 4.79 Å². The summed E-state index contributed by atoms with van der Waals surface area (Å²) in [6.07, 6.45) is 3.07. The molecule has 0 saturated heterocycles. The highest BCUT2D eigenvalue weighted by molar-refractivity contribution is 6.22. The van der Waals surface area contributed by atoms with E-state index in [2.05, 4.69) is 19.2 Å². The predicted octanol–water partition coefficient (Wildman–Crippen LogP) is 2.61. The van der Waals surface area contributed by atoms with Gasteiger partial charge in [-0.15, -0.1) is 0 Å². The monoisotopic (exact) mass is 316 g/mol. The number of hydrogen-bond acceptors (Lipinski definition) is 3. The highest BCUT2D eigenvalue weighted by Gasteiger charge is 2.36. The van der Waals surface area contributed by atoms with Crippen molar-refractivity contribution in [2.24, 2.45) is 5.92 Å². The van der Waals surface area contributed by atoms with Gasteiger partial charge in [0.1, 0.15) is 6.54 Å². The van der Waals surface area contributed by atoms with Crippen LogP contribution in [0.15, 0.2) is 24.3 Å². The average molecular weight is 316 g/mol. The first-order valence-corrected chi connectivity index (χ1v) is 8.14. The van der Waals surface area contributed by atoms with Gasteiger partial charge in [0.2, 0.25) is 5.91 Å². The number of imide groups is 1. The molecule has 1 aliphatic heterocycles. The smallest absolute Gasteiger partial charge is 0.262 e. The van der Waals surface area contributed by atoms with E-state index in [1.165, 1.54) is 0 Å². The van der Waals surface area contributed by atoms with Crippen LogP contribution in [0.1, 0.15) is 60.7 Å². The third-order valence-electron chi connectivity index (χ3n) is 4.01. The lowest BCUT2D eigenvalue weighted by Crippen LogP contribution is -2.43. The zero-order valence-electron chi connectivity index (χ0n) is 14.0. The minimum absolute atomic E-state index is 0.0384. The van der Waals surface area contributed by atoms with Crippen molar-refractivity contribution in [3.63, 3.8) is 0 Å². The number of hydrogen-bond donors (Lipinski definition) is 1. The SMILES string of the molecule is CC(C)CCC[C@H](C)NC(=O)CN1C(=O)c2ccccc2C1=O. The van der Waals surface area contributed by atoms with Crippen LogP contribution in [0.5, 0.6) is 0 Å². The van der Waals surface area contributed by atoms with Gasteiger partial charge in [0.05, 0.1) is 11.1 Å². The lowest BCUT2D eigenvalue weighted by Gasteiger charge is -2.17. The molecule has 3 amide bonds. The number of carbonyl (C=O) groups excluding carboxylic acids is 3. The number of fused-ring (bicyclic) bond motifs is 1. The molecule has 124 valence electrons. The molecule has 0 aromatic heterocycles. The molecule has 23 heavy (non-hydrogen) atoms. The first-order chi connectivity index (χ1) is 10.9. The van der Waals surface area contributed by atoms with Crippen LogP contribution < -0.4 is 5.32 Å². The zero-order valence-corrected chi connectivity index (χ0v) is 14.0. The maximum atomic E-state index is 12.2. The van der Waals surface area contributed by atoms with Crippen LogP contribution in [0.3, 0.4) is 0 Å². The Labute approximate surface area is 137 Å². The summed E-state index contributed by atoms with van der Waals surface area (Å²) >= 11 is 0. The second-order valence-electron chi connectivity index (χ2n) is 6.54. The summed E-state index contributed by atoms with van der Waals surface area (Å²) in [5.41, 5.74) is 0.741. The van der Waals surface area contributed by atoms with Gasteiger partial charge >= 0.3 is 0 Å². The Morgan fingerprint density at radius 1 is 1.04 bits per heavy atom. The van der Waals surface area contributed by atoms with Crippen molar-refractivity contribution in [1.82, 2.24) is 10.2 Å². The number of nitrogens with one attached hydrogen (secondary N) is 1. The highest BCUT2D eigenvalue weighted by Crippen LogP contribution is 2.21. The van der Waals surface area contributed by atoms with Crippen molar-refractivity contribution < 1.29 is 14.4 Å². The summed E-state index contributed by atoms with van der Waals surface area (Å²) in [5.74, 6) is -0.436. The minimum atomic E-state index is -0.395. The van der Waals surface area contributed by atoms with E-state index in [9.17, 15) is 14.4 Å². The third kappa shape index (κ3) is 4.18. The second-order valence-corrected chi connectivity index (χ2v) is 6.54. The summed E-state index contributed by atoms with van der Waals surface area (Å²) in [7, 11) is 0. The Bertz CT molecular complexity index is 575. The topological polar surface area (TPSA) is 66.5 Å². The molecule has 1 N–H and O–H groups in total. The van der Waals surface area contributed by atoms with E-state index in [1.807, 2.05) is 6.92 Å². The van der Waals surface area contributed by atoms with Gasteiger partial charge in [-0.3, -0.25) is 19.3 Å². The maximum absolute atomic E-state index is 12.2. The summed E-state index contributed by atoms with van der Waals surface area (Å²) in [6.45, 7) is 6.07. The molecule has 1 aromatic carbocycles. The van der Waals surface area contributed by atoms with Crippen LogP contribution in [0.25, 0.3) is 0 Å². The van der Waals surface area contributed by atoms with Gasteiger partial charge in [-0.25, -0.2) is 0 Å². The molecule has 0 spiro atoms. The molecular weight excluding hydrogens is 292 g/mol. The van der Waals surface area contributed by atoms with E-state index in [0.29, 0.717) is 17.0 Å². The fourth-order valence-electron chi connectivity index (χ4n) is 2.75. The van der Waals surface area contributed by atoms with E-state index >= 15 is 0 Å². The zero-order chi connectivity index (χ0) is 17.0. The van der Waals surface area contributed by atoms with Crippen molar-refractivity contribution in [1.29, 1.82) is 0 Å². The van der Waals surface area contributed by atoms with E-state index in [-0.39, 0.29) is 18.5 Å². The van der Waals surface area contributed by atoms with E-state index < -0.39 is 11.8 Å². The van der Waals surface area contributed by atoms with Gasteiger partial charge in [-0.05, 0) is 31.4 Å². The number of nitrogens with zero attached hydrogens (tertiary/aromatic N) is 1. The number of benzene rings is 1. The van der Waals surface area contributed by atoms with Crippen LogP contribution in [-0.4, -0.2) is 35.2 Å². The van der Waals surface area contributed by atoms with Crippen LogP contribution in [0.2, 0.25) is 0 Å². The molecule has 0 unspecified atom stereocenters. The quantitative estimate of drug-likeness (QED) is 0.786. The molecular formula is C18H24N2O3. The number of rotatable bonds is 7. The van der Waals surface area contributed by atoms with Crippen molar-refractivity contribution in [3.05, 3.63) is 35.4 Å². The van der Waals surface area contributed by atoms with E-state index in [1.54, 1.807) is 24.3 Å². The lowest BCUT2D eigenvalue weighted by atomic mass is 10.0. The second kappa shape index (κ2) is 7.40. The van der Waals surface area contributed by atoms with E-state index in [0.717, 1.165) is 24.2 Å².